The molecule has 57 heavy (non-hydrogen) atoms. The Kier molecular flexibility index (Phi) is 10.2. The lowest BCUT2D eigenvalue weighted by Crippen LogP contribution is -2.64. The van der Waals surface area contributed by atoms with Crippen molar-refractivity contribution in [2.75, 3.05) is 19.4 Å². The molecule has 1 aliphatic heterocycles. The Morgan fingerprint density at radius 3 is 2.47 bits per heavy atom. The molecule has 1 heterocycles. The van der Waals surface area contributed by atoms with Crippen LogP contribution in [0.2, 0.25) is 0 Å². The number of benzene rings is 2. The SMILES string of the molecule is CNCc1cc(O)cc([C@H]2C[C@@]3(C)[C@H]4CCC5=C([C@H](C)C[C@@H](O)[C@H]6O[C@]6(C)[C@@H]6CCC[C@H]6c6cccc(N)c6)C(=O)C[C@]5(C)[C@@]4(CCO)CC[C@H]3C(C)(C)C2=O)c1. The number of phenolic OH excluding ortho intramolecular Hbond substituents is 1. The molecule has 5 fully saturated rings. The third-order valence-corrected chi connectivity index (χ3v) is 17.5. The molecule has 6 aliphatic rings. The van der Waals surface area contributed by atoms with Crippen LogP contribution >= 0.6 is 0 Å². The number of carbonyl (C=O) groups is 2. The number of epoxide rings is 1. The zero-order valence-corrected chi connectivity index (χ0v) is 35.5. The molecule has 0 unspecified atom stereocenters. The van der Waals surface area contributed by atoms with Gasteiger partial charge in [0, 0.05) is 42.0 Å². The number of nitrogens with two attached hydrogens (primary N) is 1. The Bertz CT molecular complexity index is 1960. The second-order valence-electron chi connectivity index (χ2n) is 20.7. The first-order chi connectivity index (χ1) is 26.9. The number of ether oxygens (including phenoxy) is 1. The second kappa shape index (κ2) is 14.3. The van der Waals surface area contributed by atoms with Gasteiger partial charge >= 0.3 is 0 Å². The summed E-state index contributed by atoms with van der Waals surface area (Å²) in [6.45, 7) is 14.0. The molecule has 1 saturated heterocycles. The van der Waals surface area contributed by atoms with Crippen LogP contribution in [0.15, 0.2) is 53.6 Å². The molecular weight excluding hydrogens is 713 g/mol. The van der Waals surface area contributed by atoms with E-state index in [9.17, 15) is 24.9 Å². The Morgan fingerprint density at radius 2 is 1.75 bits per heavy atom. The molecule has 310 valence electrons. The van der Waals surface area contributed by atoms with E-state index in [1.165, 1.54) is 11.1 Å². The number of allylic oxidation sites excluding steroid dienone is 2. The number of ketones is 2. The zero-order chi connectivity index (χ0) is 40.9. The molecule has 4 saturated carbocycles. The fourth-order valence-corrected chi connectivity index (χ4v) is 15.1. The van der Waals surface area contributed by atoms with Crippen molar-refractivity contribution in [3.8, 4) is 5.75 Å². The van der Waals surface area contributed by atoms with Gasteiger partial charge in [0.1, 0.15) is 17.6 Å². The highest BCUT2D eigenvalue weighted by Crippen LogP contribution is 2.76. The number of nitrogen functional groups attached to an aromatic ring is 1. The summed E-state index contributed by atoms with van der Waals surface area (Å²) in [5, 5.41) is 36.7. The zero-order valence-electron chi connectivity index (χ0n) is 35.5. The number of aromatic hydroxyl groups is 1. The predicted molar refractivity (Wildman–Crippen MR) is 223 cm³/mol. The largest absolute Gasteiger partial charge is 0.508 e. The average molecular weight is 781 g/mol. The number of hydrogen-bond acceptors (Lipinski definition) is 8. The van der Waals surface area contributed by atoms with Crippen LogP contribution in [0.25, 0.3) is 0 Å². The summed E-state index contributed by atoms with van der Waals surface area (Å²) in [6, 6.07) is 13.9. The van der Waals surface area contributed by atoms with Gasteiger partial charge in [0.05, 0.1) is 11.7 Å². The van der Waals surface area contributed by atoms with Crippen LogP contribution in [0.5, 0.6) is 5.75 Å². The van der Waals surface area contributed by atoms with Gasteiger partial charge in [0.2, 0.25) is 0 Å². The summed E-state index contributed by atoms with van der Waals surface area (Å²) in [5.74, 6) is 1.21. The summed E-state index contributed by atoms with van der Waals surface area (Å²) >= 11 is 0. The van der Waals surface area contributed by atoms with Gasteiger partial charge in [-0.2, -0.15) is 0 Å². The van der Waals surface area contributed by atoms with Crippen molar-refractivity contribution in [3.63, 3.8) is 0 Å². The highest BCUT2D eigenvalue weighted by molar-refractivity contribution is 6.00. The Balaban J connectivity index is 1.07. The van der Waals surface area contributed by atoms with Crippen molar-refractivity contribution in [1.82, 2.24) is 5.32 Å². The molecular formula is C49H68N2O6. The maximum Gasteiger partial charge on any atom is 0.159 e. The maximum atomic E-state index is 14.5. The highest BCUT2D eigenvalue weighted by atomic mass is 16.6. The van der Waals surface area contributed by atoms with Gasteiger partial charge in [-0.3, -0.25) is 9.59 Å². The predicted octanol–water partition coefficient (Wildman–Crippen LogP) is 8.38. The molecule has 0 radical (unpaired) electrons. The van der Waals surface area contributed by atoms with E-state index >= 15 is 0 Å². The first-order valence-electron chi connectivity index (χ1n) is 22.1. The lowest BCUT2D eigenvalue weighted by atomic mass is 9.34. The normalized spacial score (nSPS) is 39.4. The summed E-state index contributed by atoms with van der Waals surface area (Å²) in [7, 11) is 1.88. The summed E-state index contributed by atoms with van der Waals surface area (Å²) in [4.78, 5) is 29.0. The summed E-state index contributed by atoms with van der Waals surface area (Å²) < 4.78 is 6.47. The van der Waals surface area contributed by atoms with Gasteiger partial charge in [-0.15, -0.1) is 0 Å². The van der Waals surface area contributed by atoms with Crippen molar-refractivity contribution < 1.29 is 29.6 Å². The fraction of sp³-hybridized carbons (Fsp3) is 0.673. The highest BCUT2D eigenvalue weighted by Gasteiger charge is 2.70. The smallest absolute Gasteiger partial charge is 0.159 e. The monoisotopic (exact) mass is 781 g/mol. The van der Waals surface area contributed by atoms with Crippen LogP contribution in [0, 0.1) is 45.3 Å². The van der Waals surface area contributed by atoms with E-state index in [-0.39, 0.29) is 64.5 Å². The second-order valence-corrected chi connectivity index (χ2v) is 20.7. The molecule has 0 spiro atoms. The van der Waals surface area contributed by atoms with Crippen molar-refractivity contribution >= 4 is 17.3 Å². The van der Waals surface area contributed by atoms with Crippen LogP contribution in [0.3, 0.4) is 0 Å². The number of phenols is 1. The van der Waals surface area contributed by atoms with E-state index in [0.29, 0.717) is 44.1 Å². The molecule has 2 aromatic rings. The van der Waals surface area contributed by atoms with Crippen molar-refractivity contribution in [2.45, 2.75) is 148 Å². The molecule has 0 bridgehead atoms. The Hall–Kier alpha value is -3.04. The van der Waals surface area contributed by atoms with Crippen LogP contribution < -0.4 is 11.1 Å². The van der Waals surface area contributed by atoms with E-state index in [1.807, 2.05) is 19.2 Å². The van der Waals surface area contributed by atoms with E-state index in [2.05, 4.69) is 65.1 Å². The minimum atomic E-state index is -0.679. The van der Waals surface area contributed by atoms with Crippen molar-refractivity contribution in [1.29, 1.82) is 0 Å². The Morgan fingerprint density at radius 1 is 0.982 bits per heavy atom. The van der Waals surface area contributed by atoms with Gasteiger partial charge in [0.25, 0.3) is 0 Å². The Labute approximate surface area is 340 Å². The molecule has 8 nitrogen and oxygen atoms in total. The minimum absolute atomic E-state index is 0.0545. The number of nitrogens with one attached hydrogen (secondary N) is 1. The molecule has 5 aliphatic carbocycles. The molecule has 8 heteroatoms. The van der Waals surface area contributed by atoms with Gasteiger partial charge in [-0.1, -0.05) is 64.8 Å². The van der Waals surface area contributed by atoms with Gasteiger partial charge < -0.3 is 31.1 Å². The van der Waals surface area contributed by atoms with Crippen LogP contribution in [0.1, 0.15) is 141 Å². The topological polar surface area (TPSA) is 145 Å². The standard InChI is InChI=1S/C49H68N2O6/c1-28(20-38(54)44-48(6,57-44)36-13-9-12-34(36)30-10-8-11-32(50)23-30)42-37-14-15-41-46(4)25-35(31-21-29(27-51-7)22-33(53)24-31)43(56)45(2,3)40(46)16-17-49(41,18-19-52)47(37,5)26-39(42)55/h8,10-11,21-24,28,34-36,38,40-41,44,51-54H,9,12-20,25-27,50H2,1-7H3/t28-,34+,35-,36-,38-,40+,41-,44-,46-,47+,48-,49-/m1/s1. The van der Waals surface area contributed by atoms with Crippen LogP contribution in [0.4, 0.5) is 5.69 Å². The number of Topliss-reactive ketones (excluding diaryl/α,β-unsaturated/α-hetero) is 2. The lowest BCUT2D eigenvalue weighted by molar-refractivity contribution is -0.193. The quantitative estimate of drug-likeness (QED) is 0.113. The molecule has 0 aromatic heterocycles. The van der Waals surface area contributed by atoms with E-state index in [4.69, 9.17) is 10.5 Å². The van der Waals surface area contributed by atoms with E-state index < -0.39 is 22.5 Å². The third kappa shape index (κ3) is 6.20. The van der Waals surface area contributed by atoms with Gasteiger partial charge in [-0.25, -0.2) is 0 Å². The number of carbonyl (C=O) groups excluding carboxylic acids is 2. The molecule has 8 rings (SSSR count). The number of fused-ring (bicyclic) bond motifs is 5. The van der Waals surface area contributed by atoms with Gasteiger partial charge in [-0.05, 0) is 159 Å². The fourth-order valence-electron chi connectivity index (χ4n) is 15.1. The summed E-state index contributed by atoms with van der Waals surface area (Å²) in [6.07, 6.45) is 8.04. The number of hydrogen-bond donors (Lipinski definition) is 5. The number of rotatable bonds is 11. The first-order valence-corrected chi connectivity index (χ1v) is 22.1. The minimum Gasteiger partial charge on any atom is -0.508 e. The molecule has 2 aromatic carbocycles. The average Bonchev–Trinajstić information content (AvgIpc) is 3.45. The van der Waals surface area contributed by atoms with Crippen molar-refractivity contribution in [3.05, 3.63) is 70.3 Å². The number of anilines is 1. The van der Waals surface area contributed by atoms with Crippen molar-refractivity contribution in [2.24, 2.45) is 45.3 Å². The lowest BCUT2D eigenvalue weighted by Gasteiger charge is -2.69. The number of aliphatic hydroxyl groups excluding tert-OH is 2. The van der Waals surface area contributed by atoms with E-state index in [1.54, 1.807) is 12.1 Å². The summed E-state index contributed by atoms with van der Waals surface area (Å²) in [5.41, 5.74) is 10.3. The third-order valence-electron chi connectivity index (χ3n) is 17.5. The first kappa shape index (κ1) is 40.7. The van der Waals surface area contributed by atoms with Crippen LogP contribution in [-0.2, 0) is 20.9 Å². The molecule has 6 N–H and O–H groups in total. The molecule has 12 atom stereocenters. The number of aliphatic hydroxyl groups is 2. The van der Waals surface area contributed by atoms with Gasteiger partial charge in [0.15, 0.2) is 5.78 Å². The van der Waals surface area contributed by atoms with E-state index in [0.717, 1.165) is 67.3 Å². The molecule has 0 amide bonds. The maximum absolute atomic E-state index is 14.5. The van der Waals surface area contributed by atoms with Crippen LogP contribution in [-0.4, -0.2) is 58.3 Å².